The molecule has 5 rings (SSSR count). The van der Waals surface area contributed by atoms with Crippen molar-refractivity contribution in [3.63, 3.8) is 0 Å². The summed E-state index contributed by atoms with van der Waals surface area (Å²) in [4.78, 5) is 15.4. The van der Waals surface area contributed by atoms with Crippen molar-refractivity contribution >= 4 is 5.91 Å². The summed E-state index contributed by atoms with van der Waals surface area (Å²) in [6.45, 7) is 4.18. The lowest BCUT2D eigenvalue weighted by Gasteiger charge is -2.27. The lowest BCUT2D eigenvalue weighted by molar-refractivity contribution is 0.0730. The number of carbonyl (C=O) groups is 1. The van der Waals surface area contributed by atoms with E-state index >= 15 is 0 Å². The molecule has 3 N–H and O–H groups in total. The molecule has 1 aliphatic rings. The van der Waals surface area contributed by atoms with Crippen molar-refractivity contribution in [3.8, 4) is 28.5 Å². The number of nitrogens with one attached hydrogen (secondary N) is 1. The van der Waals surface area contributed by atoms with E-state index in [1.54, 1.807) is 23.1 Å². The zero-order valence-electron chi connectivity index (χ0n) is 19.2. The monoisotopic (exact) mass is 455 g/mol. The minimum Gasteiger partial charge on any atom is -0.507 e. The number of methoxy groups -OCH3 is 1. The van der Waals surface area contributed by atoms with Crippen LogP contribution in [0.1, 0.15) is 44.3 Å². The van der Waals surface area contributed by atoms with Gasteiger partial charge >= 0.3 is 0 Å². The number of nitrogens with zero attached hydrogens (tertiary/aromatic N) is 2. The first kappa shape index (κ1) is 21.6. The van der Waals surface area contributed by atoms with Crippen LogP contribution in [0.5, 0.6) is 17.2 Å². The van der Waals surface area contributed by atoms with Gasteiger partial charge in [-0.25, -0.2) is 0 Å². The van der Waals surface area contributed by atoms with E-state index in [2.05, 4.69) is 10.2 Å². The smallest absolute Gasteiger partial charge is 0.273 e. The van der Waals surface area contributed by atoms with Crippen LogP contribution in [0.15, 0.2) is 60.7 Å². The number of ether oxygens (including phenoxy) is 1. The van der Waals surface area contributed by atoms with E-state index in [1.807, 2.05) is 56.3 Å². The average molecular weight is 456 g/mol. The van der Waals surface area contributed by atoms with Gasteiger partial charge in [0, 0.05) is 17.7 Å². The number of fused-ring (bicyclic) bond motifs is 1. The fourth-order valence-corrected chi connectivity index (χ4v) is 4.70. The van der Waals surface area contributed by atoms with Gasteiger partial charge in [0.25, 0.3) is 5.91 Å². The Bertz CT molecular complexity index is 1390. The van der Waals surface area contributed by atoms with Crippen molar-refractivity contribution < 1.29 is 19.7 Å². The van der Waals surface area contributed by atoms with Gasteiger partial charge in [-0.2, -0.15) is 5.10 Å². The first-order valence-electron chi connectivity index (χ1n) is 11.0. The maximum atomic E-state index is 13.6. The van der Waals surface area contributed by atoms with Gasteiger partial charge in [-0.15, -0.1) is 0 Å². The Kier molecular flexibility index (Phi) is 5.24. The first-order chi connectivity index (χ1) is 16.4. The number of aromatic hydroxyl groups is 2. The number of phenolic OH excluding ortho intramolecular Hbond substituents is 2. The number of amides is 1. The highest BCUT2D eigenvalue weighted by molar-refractivity contribution is 6.00. The second-order valence-corrected chi connectivity index (χ2v) is 8.59. The van der Waals surface area contributed by atoms with Gasteiger partial charge in [-0.3, -0.25) is 9.89 Å². The Labute approximate surface area is 197 Å². The van der Waals surface area contributed by atoms with Gasteiger partial charge in [0.05, 0.1) is 13.2 Å². The molecule has 34 heavy (non-hydrogen) atoms. The summed E-state index contributed by atoms with van der Waals surface area (Å²) in [7, 11) is 1.49. The van der Waals surface area contributed by atoms with Gasteiger partial charge in [0.15, 0.2) is 11.5 Å². The van der Waals surface area contributed by atoms with E-state index in [0.717, 1.165) is 22.3 Å². The van der Waals surface area contributed by atoms with Gasteiger partial charge in [0.1, 0.15) is 17.1 Å². The van der Waals surface area contributed by atoms with E-state index in [4.69, 9.17) is 4.74 Å². The largest absolute Gasteiger partial charge is 0.507 e. The van der Waals surface area contributed by atoms with Crippen molar-refractivity contribution in [2.24, 2.45) is 0 Å². The number of benzene rings is 3. The molecule has 1 unspecified atom stereocenters. The average Bonchev–Trinajstić information content (AvgIpc) is 3.37. The molecule has 1 aliphatic heterocycles. The molecule has 0 saturated carbocycles. The summed E-state index contributed by atoms with van der Waals surface area (Å²) in [6, 6.07) is 18.1. The first-order valence-corrected chi connectivity index (χ1v) is 11.0. The molecule has 4 aromatic rings. The quantitative estimate of drug-likeness (QED) is 0.399. The van der Waals surface area contributed by atoms with Crippen LogP contribution in [0.2, 0.25) is 0 Å². The summed E-state index contributed by atoms with van der Waals surface area (Å²) in [5.74, 6) is 0.288. The molecule has 0 fully saturated rings. The minimum atomic E-state index is -0.494. The Morgan fingerprint density at radius 1 is 1.06 bits per heavy atom. The number of aromatic nitrogens is 2. The van der Waals surface area contributed by atoms with Crippen LogP contribution in [0.4, 0.5) is 0 Å². The van der Waals surface area contributed by atoms with Crippen LogP contribution in [0.25, 0.3) is 11.3 Å². The molecule has 1 amide bonds. The molecule has 7 nitrogen and oxygen atoms in total. The van der Waals surface area contributed by atoms with E-state index < -0.39 is 6.04 Å². The summed E-state index contributed by atoms with van der Waals surface area (Å²) in [5.41, 5.74) is 5.65. The molecular weight excluding hydrogens is 430 g/mol. The van der Waals surface area contributed by atoms with Gasteiger partial charge < -0.3 is 19.8 Å². The number of hydrogen-bond donors (Lipinski definition) is 3. The molecule has 0 bridgehead atoms. The van der Waals surface area contributed by atoms with Gasteiger partial charge in [0.2, 0.25) is 0 Å². The van der Waals surface area contributed by atoms with E-state index in [9.17, 15) is 15.0 Å². The van der Waals surface area contributed by atoms with Crippen LogP contribution in [0, 0.1) is 13.8 Å². The number of carbonyl (C=O) groups excluding carboxylic acids is 1. The Morgan fingerprint density at radius 2 is 1.82 bits per heavy atom. The molecule has 2 heterocycles. The number of rotatable bonds is 5. The molecule has 172 valence electrons. The van der Waals surface area contributed by atoms with Crippen LogP contribution in [-0.2, 0) is 6.54 Å². The zero-order chi connectivity index (χ0) is 24.0. The molecule has 1 atom stereocenters. The topological polar surface area (TPSA) is 98.7 Å². The van der Waals surface area contributed by atoms with E-state index in [1.165, 1.54) is 7.11 Å². The Hall–Kier alpha value is -4.26. The van der Waals surface area contributed by atoms with Crippen LogP contribution < -0.4 is 4.74 Å². The minimum absolute atomic E-state index is 0.0183. The number of phenols is 2. The molecule has 0 saturated heterocycles. The molecule has 1 aromatic heterocycles. The molecule has 0 spiro atoms. The SMILES string of the molecule is COc1cc(C2c3c(-c4cc(C)cc(C)c4O)n[nH]c3C(=O)N2Cc2ccccc2)ccc1O. The maximum absolute atomic E-state index is 13.6. The zero-order valence-corrected chi connectivity index (χ0v) is 19.2. The number of aryl methyl sites for hydroxylation is 2. The molecular formula is C27H25N3O4. The fourth-order valence-electron chi connectivity index (χ4n) is 4.70. The lowest BCUT2D eigenvalue weighted by Crippen LogP contribution is -2.29. The molecule has 7 heteroatoms. The van der Waals surface area contributed by atoms with Crippen LogP contribution in [0.3, 0.4) is 0 Å². The van der Waals surface area contributed by atoms with Gasteiger partial charge in [-0.05, 0) is 54.3 Å². The number of hydrogen-bond acceptors (Lipinski definition) is 5. The molecule has 0 aliphatic carbocycles. The van der Waals surface area contributed by atoms with E-state index in [0.29, 0.717) is 34.8 Å². The maximum Gasteiger partial charge on any atom is 0.273 e. The lowest BCUT2D eigenvalue weighted by atomic mass is 9.93. The third kappa shape index (κ3) is 3.46. The summed E-state index contributed by atoms with van der Waals surface area (Å²) < 4.78 is 5.34. The molecule has 0 radical (unpaired) electrons. The predicted octanol–water partition coefficient (Wildman–Crippen LogP) is 4.86. The van der Waals surface area contributed by atoms with Crippen LogP contribution in [-0.4, -0.2) is 38.3 Å². The third-order valence-electron chi connectivity index (χ3n) is 6.28. The molecule has 3 aromatic carbocycles. The normalized spacial score (nSPS) is 15.0. The second kappa shape index (κ2) is 8.26. The summed E-state index contributed by atoms with van der Waals surface area (Å²) in [5, 5.41) is 28.4. The summed E-state index contributed by atoms with van der Waals surface area (Å²) >= 11 is 0. The second-order valence-electron chi connectivity index (χ2n) is 8.59. The number of H-pyrrole nitrogens is 1. The predicted molar refractivity (Wildman–Crippen MR) is 128 cm³/mol. The fraction of sp³-hybridized carbons (Fsp3) is 0.185. The van der Waals surface area contributed by atoms with Crippen molar-refractivity contribution in [3.05, 3.63) is 94.2 Å². The highest BCUT2D eigenvalue weighted by Gasteiger charge is 2.42. The van der Waals surface area contributed by atoms with Crippen molar-refractivity contribution in [1.29, 1.82) is 0 Å². The Balaban J connectivity index is 1.71. The highest BCUT2D eigenvalue weighted by atomic mass is 16.5. The summed E-state index contributed by atoms with van der Waals surface area (Å²) in [6.07, 6.45) is 0. The van der Waals surface area contributed by atoms with Crippen molar-refractivity contribution in [2.45, 2.75) is 26.4 Å². The third-order valence-corrected chi connectivity index (χ3v) is 6.28. The number of aromatic amines is 1. The van der Waals surface area contributed by atoms with Crippen molar-refractivity contribution in [1.82, 2.24) is 15.1 Å². The highest BCUT2D eigenvalue weighted by Crippen LogP contribution is 2.46. The standard InChI is InChI=1S/C27H25N3O4/c1-15-11-16(2)26(32)19(12-15)23-22-24(29-28-23)27(33)30(14-17-7-5-4-6-8-17)25(22)18-9-10-20(31)21(13-18)34-3/h4-13,25,31-32H,14H2,1-3H3,(H,28,29). The van der Waals surface area contributed by atoms with Crippen molar-refractivity contribution in [2.75, 3.05) is 7.11 Å². The van der Waals surface area contributed by atoms with Gasteiger partial charge in [-0.1, -0.05) is 42.5 Å². The van der Waals surface area contributed by atoms with E-state index in [-0.39, 0.29) is 17.4 Å². The van der Waals surface area contributed by atoms with Crippen LogP contribution >= 0.6 is 0 Å². The Morgan fingerprint density at radius 3 is 2.56 bits per heavy atom.